The van der Waals surface area contributed by atoms with Crippen molar-refractivity contribution in [2.24, 2.45) is 0 Å². The molecule has 3 heterocycles. The van der Waals surface area contributed by atoms with Gasteiger partial charge in [0.2, 0.25) is 0 Å². The number of carbonyl (C=O) groups is 2. The van der Waals surface area contributed by atoms with Crippen LogP contribution in [0.15, 0.2) is 30.6 Å². The second-order valence-corrected chi connectivity index (χ2v) is 6.64. The number of nitrogens with zero attached hydrogens (tertiary/aromatic N) is 3. The lowest BCUT2D eigenvalue weighted by atomic mass is 10.0. The topological polar surface area (TPSA) is 91.0 Å². The van der Waals surface area contributed by atoms with E-state index in [-0.39, 0.29) is 17.9 Å². The number of amides is 2. The summed E-state index contributed by atoms with van der Waals surface area (Å²) in [5, 5.41) is 9.99. The van der Waals surface area contributed by atoms with Crippen LogP contribution in [0.5, 0.6) is 0 Å². The van der Waals surface area contributed by atoms with Crippen LogP contribution in [0.25, 0.3) is 0 Å². The highest BCUT2D eigenvalue weighted by Crippen LogP contribution is 2.15. The van der Waals surface area contributed by atoms with E-state index in [1.807, 2.05) is 18.7 Å². The zero-order valence-electron chi connectivity index (χ0n) is 14.5. The molecule has 0 radical (unpaired) electrons. The van der Waals surface area contributed by atoms with E-state index in [0.29, 0.717) is 30.3 Å². The first kappa shape index (κ1) is 17.1. The van der Waals surface area contributed by atoms with Crippen LogP contribution in [0, 0.1) is 0 Å². The summed E-state index contributed by atoms with van der Waals surface area (Å²) in [6.45, 7) is 5.35. The molecule has 1 saturated heterocycles. The zero-order chi connectivity index (χ0) is 17.8. The molecule has 0 unspecified atom stereocenters. The van der Waals surface area contributed by atoms with Crippen molar-refractivity contribution in [3.05, 3.63) is 47.5 Å². The van der Waals surface area contributed by atoms with E-state index in [1.165, 1.54) is 0 Å². The van der Waals surface area contributed by atoms with Gasteiger partial charge >= 0.3 is 0 Å². The Morgan fingerprint density at radius 1 is 1.24 bits per heavy atom. The maximum Gasteiger partial charge on any atom is 0.271 e. The van der Waals surface area contributed by atoms with Crippen molar-refractivity contribution in [2.45, 2.75) is 38.6 Å². The first-order valence-corrected chi connectivity index (χ1v) is 8.60. The van der Waals surface area contributed by atoms with Crippen molar-refractivity contribution < 1.29 is 9.59 Å². The van der Waals surface area contributed by atoms with Crippen molar-refractivity contribution >= 4 is 11.8 Å². The maximum absolute atomic E-state index is 12.4. The van der Waals surface area contributed by atoms with Crippen molar-refractivity contribution in [3.8, 4) is 0 Å². The molecule has 7 nitrogen and oxygen atoms in total. The van der Waals surface area contributed by atoms with Crippen molar-refractivity contribution in [3.63, 3.8) is 0 Å². The van der Waals surface area contributed by atoms with Gasteiger partial charge in [-0.3, -0.25) is 19.7 Å². The molecule has 3 rings (SSSR count). The minimum Gasteiger partial charge on any atom is -0.348 e. The highest BCUT2D eigenvalue weighted by molar-refractivity contribution is 5.94. The number of pyridine rings is 1. The van der Waals surface area contributed by atoms with Gasteiger partial charge in [0.25, 0.3) is 11.8 Å². The first-order valence-electron chi connectivity index (χ1n) is 8.60. The number of carbonyl (C=O) groups excluding carboxylic acids is 2. The Hall–Kier alpha value is -2.70. The number of H-pyrrole nitrogens is 1. The second kappa shape index (κ2) is 7.46. The molecule has 0 spiro atoms. The summed E-state index contributed by atoms with van der Waals surface area (Å²) in [7, 11) is 0. The minimum absolute atomic E-state index is 0.0149. The van der Waals surface area contributed by atoms with E-state index in [1.54, 1.807) is 30.6 Å². The molecule has 1 aliphatic heterocycles. The predicted molar refractivity (Wildman–Crippen MR) is 93.3 cm³/mol. The minimum atomic E-state index is -0.165. The molecule has 2 aromatic heterocycles. The van der Waals surface area contributed by atoms with Crippen molar-refractivity contribution in [2.75, 3.05) is 13.1 Å². The molecule has 1 aliphatic rings. The SMILES string of the molecule is CC(C)c1cc(C(=O)NC2CCN(C(=O)c3ccncc3)CC2)n[nH]1. The average Bonchev–Trinajstić information content (AvgIpc) is 3.13. The molecular formula is C18H23N5O2. The van der Waals surface area contributed by atoms with Gasteiger partial charge in [-0.25, -0.2) is 0 Å². The molecule has 2 N–H and O–H groups in total. The van der Waals surface area contributed by atoms with Crippen LogP contribution in [0.2, 0.25) is 0 Å². The smallest absolute Gasteiger partial charge is 0.271 e. The third-order valence-electron chi connectivity index (χ3n) is 4.50. The number of rotatable bonds is 4. The largest absolute Gasteiger partial charge is 0.348 e. The Morgan fingerprint density at radius 3 is 2.52 bits per heavy atom. The molecule has 2 aromatic rings. The van der Waals surface area contributed by atoms with Crippen LogP contribution in [0.3, 0.4) is 0 Å². The molecule has 2 amide bonds. The highest BCUT2D eigenvalue weighted by Gasteiger charge is 2.25. The van der Waals surface area contributed by atoms with Gasteiger partial charge in [-0.05, 0) is 37.0 Å². The van der Waals surface area contributed by atoms with E-state index in [4.69, 9.17) is 0 Å². The number of aromatic amines is 1. The van der Waals surface area contributed by atoms with E-state index in [9.17, 15) is 9.59 Å². The molecule has 1 fully saturated rings. The predicted octanol–water partition coefficient (Wildman–Crippen LogP) is 1.96. The Morgan fingerprint density at radius 2 is 1.92 bits per heavy atom. The third kappa shape index (κ3) is 4.04. The normalized spacial score (nSPS) is 15.4. The van der Waals surface area contributed by atoms with Gasteiger partial charge in [0.1, 0.15) is 5.69 Å². The van der Waals surface area contributed by atoms with E-state index in [2.05, 4.69) is 20.5 Å². The number of piperidine rings is 1. The van der Waals surface area contributed by atoms with Gasteiger partial charge in [0.15, 0.2) is 0 Å². The Bertz CT molecular complexity index is 733. The summed E-state index contributed by atoms with van der Waals surface area (Å²) < 4.78 is 0. The lowest BCUT2D eigenvalue weighted by Gasteiger charge is -2.32. The van der Waals surface area contributed by atoms with Crippen molar-refractivity contribution in [1.82, 2.24) is 25.4 Å². The van der Waals surface area contributed by atoms with Gasteiger partial charge in [-0.15, -0.1) is 0 Å². The molecule has 0 saturated carbocycles. The molecule has 0 aromatic carbocycles. The standard InChI is InChI=1S/C18H23N5O2/c1-12(2)15-11-16(22-21-15)17(24)20-14-5-9-23(10-6-14)18(25)13-3-7-19-8-4-13/h3-4,7-8,11-12,14H,5-6,9-10H2,1-2H3,(H,20,24)(H,21,22). The van der Waals surface area contributed by atoms with Crippen LogP contribution in [0.1, 0.15) is 59.1 Å². The second-order valence-electron chi connectivity index (χ2n) is 6.64. The summed E-state index contributed by atoms with van der Waals surface area (Å²) in [5.41, 5.74) is 2.01. The maximum atomic E-state index is 12.4. The molecule has 0 aliphatic carbocycles. The Kier molecular flexibility index (Phi) is 5.11. The summed E-state index contributed by atoms with van der Waals surface area (Å²) in [4.78, 5) is 30.5. The summed E-state index contributed by atoms with van der Waals surface area (Å²) in [6, 6.07) is 5.30. The summed E-state index contributed by atoms with van der Waals surface area (Å²) in [6.07, 6.45) is 4.72. The molecule has 7 heteroatoms. The zero-order valence-corrected chi connectivity index (χ0v) is 14.5. The fourth-order valence-corrected chi connectivity index (χ4v) is 2.91. The molecular weight excluding hydrogens is 318 g/mol. The first-order chi connectivity index (χ1) is 12.0. The lowest BCUT2D eigenvalue weighted by Crippen LogP contribution is -2.46. The Balaban J connectivity index is 1.52. The third-order valence-corrected chi connectivity index (χ3v) is 4.50. The van der Waals surface area contributed by atoms with Gasteiger partial charge in [-0.1, -0.05) is 13.8 Å². The fraction of sp³-hybridized carbons (Fsp3) is 0.444. The lowest BCUT2D eigenvalue weighted by molar-refractivity contribution is 0.0697. The number of aromatic nitrogens is 3. The monoisotopic (exact) mass is 341 g/mol. The fourth-order valence-electron chi connectivity index (χ4n) is 2.91. The number of hydrogen-bond donors (Lipinski definition) is 2. The number of likely N-dealkylation sites (tertiary alicyclic amines) is 1. The van der Waals surface area contributed by atoms with Crippen molar-refractivity contribution in [1.29, 1.82) is 0 Å². The van der Waals surface area contributed by atoms with Crippen LogP contribution in [-0.4, -0.2) is 51.0 Å². The van der Waals surface area contributed by atoms with E-state index in [0.717, 1.165) is 18.5 Å². The number of hydrogen-bond acceptors (Lipinski definition) is 4. The molecule has 25 heavy (non-hydrogen) atoms. The van der Waals surface area contributed by atoms with Gasteiger partial charge < -0.3 is 10.2 Å². The number of nitrogens with one attached hydrogen (secondary N) is 2. The van der Waals surface area contributed by atoms with Gasteiger partial charge in [-0.2, -0.15) is 5.10 Å². The van der Waals surface area contributed by atoms with E-state index >= 15 is 0 Å². The molecule has 0 bridgehead atoms. The van der Waals surface area contributed by atoms with Gasteiger partial charge in [0, 0.05) is 42.8 Å². The van der Waals surface area contributed by atoms with Crippen LogP contribution in [-0.2, 0) is 0 Å². The van der Waals surface area contributed by atoms with E-state index < -0.39 is 0 Å². The van der Waals surface area contributed by atoms with Crippen LogP contribution in [0.4, 0.5) is 0 Å². The quantitative estimate of drug-likeness (QED) is 0.889. The Labute approximate surface area is 146 Å². The molecule has 0 atom stereocenters. The van der Waals surface area contributed by atoms with Gasteiger partial charge in [0.05, 0.1) is 0 Å². The average molecular weight is 341 g/mol. The molecule has 132 valence electrons. The summed E-state index contributed by atoms with van der Waals surface area (Å²) in [5.74, 6) is 0.152. The van der Waals surface area contributed by atoms with Crippen LogP contribution >= 0.6 is 0 Å². The van der Waals surface area contributed by atoms with Crippen LogP contribution < -0.4 is 5.32 Å². The highest BCUT2D eigenvalue weighted by atomic mass is 16.2. The summed E-state index contributed by atoms with van der Waals surface area (Å²) >= 11 is 0.